The molecule has 0 fully saturated rings. The molecule has 0 atom stereocenters. The van der Waals surface area contributed by atoms with Crippen LogP contribution in [0.5, 0.6) is 5.75 Å². The average molecular weight is 374 g/mol. The van der Waals surface area contributed by atoms with Gasteiger partial charge in [-0.15, -0.1) is 0 Å². The highest BCUT2D eigenvalue weighted by atomic mass is 79.9. The Bertz CT molecular complexity index is 599. The first kappa shape index (κ1) is 13.2. The summed E-state index contributed by atoms with van der Waals surface area (Å²) in [5, 5.41) is 0. The molecule has 92 valence electrons. The average Bonchev–Trinajstić information content (AvgIpc) is 2.32. The van der Waals surface area contributed by atoms with Crippen LogP contribution in [0, 0.1) is 5.82 Å². The highest BCUT2D eigenvalue weighted by Crippen LogP contribution is 2.28. The standard InChI is InChI=1S/C13H7Br2FO2/c14-9-4-5-12(11(15)7-9)18-13(17)8-2-1-3-10(16)6-8/h1-7H. The molecule has 5 heteroatoms. The molecule has 0 unspecified atom stereocenters. The van der Waals surface area contributed by atoms with E-state index in [0.29, 0.717) is 10.2 Å². The third-order valence-corrected chi connectivity index (χ3v) is 3.27. The van der Waals surface area contributed by atoms with Gasteiger partial charge < -0.3 is 4.74 Å². The second-order valence-electron chi connectivity index (χ2n) is 3.47. The van der Waals surface area contributed by atoms with Gasteiger partial charge in [0.05, 0.1) is 10.0 Å². The molecule has 0 aliphatic rings. The summed E-state index contributed by atoms with van der Waals surface area (Å²) in [6.07, 6.45) is 0. The van der Waals surface area contributed by atoms with E-state index in [9.17, 15) is 9.18 Å². The first-order valence-corrected chi connectivity index (χ1v) is 6.57. The number of carbonyl (C=O) groups excluding carboxylic acids is 1. The van der Waals surface area contributed by atoms with Crippen molar-refractivity contribution in [2.75, 3.05) is 0 Å². The Hall–Kier alpha value is -1.20. The monoisotopic (exact) mass is 372 g/mol. The summed E-state index contributed by atoms with van der Waals surface area (Å²) in [4.78, 5) is 11.8. The normalized spacial score (nSPS) is 10.2. The summed E-state index contributed by atoms with van der Waals surface area (Å²) in [5.74, 6) is -0.690. The van der Waals surface area contributed by atoms with Crippen LogP contribution in [0.3, 0.4) is 0 Å². The van der Waals surface area contributed by atoms with Crippen molar-refractivity contribution in [3.63, 3.8) is 0 Å². The van der Waals surface area contributed by atoms with Crippen LogP contribution in [-0.4, -0.2) is 5.97 Å². The first-order valence-electron chi connectivity index (χ1n) is 4.99. The Kier molecular flexibility index (Phi) is 4.14. The number of hydrogen-bond acceptors (Lipinski definition) is 2. The van der Waals surface area contributed by atoms with Crippen molar-refractivity contribution in [2.24, 2.45) is 0 Å². The molecular weight excluding hydrogens is 367 g/mol. The van der Waals surface area contributed by atoms with Crippen LogP contribution in [0.4, 0.5) is 4.39 Å². The molecule has 2 rings (SSSR count). The largest absolute Gasteiger partial charge is 0.422 e. The molecule has 0 N–H and O–H groups in total. The lowest BCUT2D eigenvalue weighted by atomic mass is 10.2. The van der Waals surface area contributed by atoms with E-state index in [1.165, 1.54) is 18.2 Å². The number of ether oxygens (including phenoxy) is 1. The molecule has 18 heavy (non-hydrogen) atoms. The smallest absolute Gasteiger partial charge is 0.343 e. The van der Waals surface area contributed by atoms with E-state index >= 15 is 0 Å². The van der Waals surface area contributed by atoms with Crippen LogP contribution >= 0.6 is 31.9 Å². The maximum absolute atomic E-state index is 13.0. The van der Waals surface area contributed by atoms with Crippen molar-refractivity contribution in [3.8, 4) is 5.75 Å². The minimum atomic E-state index is -0.600. The molecule has 2 aromatic carbocycles. The van der Waals surface area contributed by atoms with Crippen LogP contribution in [-0.2, 0) is 0 Å². The second-order valence-corrected chi connectivity index (χ2v) is 5.24. The fourth-order valence-corrected chi connectivity index (χ4v) is 2.46. The van der Waals surface area contributed by atoms with Crippen LogP contribution in [0.15, 0.2) is 51.4 Å². The fraction of sp³-hybridized carbons (Fsp3) is 0. The highest BCUT2D eigenvalue weighted by molar-refractivity contribution is 9.11. The van der Waals surface area contributed by atoms with Crippen molar-refractivity contribution in [2.45, 2.75) is 0 Å². The Morgan fingerprint density at radius 2 is 1.89 bits per heavy atom. The lowest BCUT2D eigenvalue weighted by Gasteiger charge is -2.06. The number of carbonyl (C=O) groups is 1. The van der Waals surface area contributed by atoms with Gasteiger partial charge in [-0.2, -0.15) is 0 Å². The van der Waals surface area contributed by atoms with E-state index in [-0.39, 0.29) is 5.56 Å². The molecule has 0 aliphatic carbocycles. The van der Waals surface area contributed by atoms with Crippen LogP contribution < -0.4 is 4.74 Å². The van der Waals surface area contributed by atoms with Gasteiger partial charge in [-0.25, -0.2) is 9.18 Å². The van der Waals surface area contributed by atoms with Crippen molar-refractivity contribution >= 4 is 37.8 Å². The van der Waals surface area contributed by atoms with Gasteiger partial charge in [-0.05, 0) is 52.3 Å². The van der Waals surface area contributed by atoms with E-state index < -0.39 is 11.8 Å². The van der Waals surface area contributed by atoms with Crippen molar-refractivity contribution in [1.82, 2.24) is 0 Å². The molecule has 0 heterocycles. The summed E-state index contributed by atoms with van der Waals surface area (Å²) >= 11 is 6.58. The Morgan fingerprint density at radius 1 is 1.11 bits per heavy atom. The number of halogens is 3. The fourth-order valence-electron chi connectivity index (χ4n) is 1.33. The second kappa shape index (κ2) is 5.63. The molecule has 0 aromatic heterocycles. The van der Waals surface area contributed by atoms with Crippen molar-refractivity contribution < 1.29 is 13.9 Å². The third kappa shape index (κ3) is 3.17. The van der Waals surface area contributed by atoms with E-state index in [4.69, 9.17) is 4.74 Å². The van der Waals surface area contributed by atoms with Gasteiger partial charge in [-0.3, -0.25) is 0 Å². The SMILES string of the molecule is O=C(Oc1ccc(Br)cc1Br)c1cccc(F)c1. The van der Waals surface area contributed by atoms with Crippen LogP contribution in [0.1, 0.15) is 10.4 Å². The van der Waals surface area contributed by atoms with Gasteiger partial charge in [0.2, 0.25) is 0 Å². The van der Waals surface area contributed by atoms with Gasteiger partial charge in [0.15, 0.2) is 0 Å². The summed E-state index contributed by atoms with van der Waals surface area (Å²) in [6, 6.07) is 10.5. The van der Waals surface area contributed by atoms with Gasteiger partial charge in [0.25, 0.3) is 0 Å². The number of rotatable bonds is 2. The van der Waals surface area contributed by atoms with Crippen LogP contribution in [0.2, 0.25) is 0 Å². The number of benzene rings is 2. The summed E-state index contributed by atoms with van der Waals surface area (Å²) in [6.45, 7) is 0. The molecule has 0 bridgehead atoms. The molecule has 0 saturated heterocycles. The van der Waals surface area contributed by atoms with E-state index in [1.807, 2.05) is 0 Å². The molecule has 0 saturated carbocycles. The molecule has 2 aromatic rings. The van der Waals surface area contributed by atoms with E-state index in [1.54, 1.807) is 18.2 Å². The van der Waals surface area contributed by atoms with Gasteiger partial charge >= 0.3 is 5.97 Å². The number of esters is 1. The quantitative estimate of drug-likeness (QED) is 0.569. The molecule has 2 nitrogen and oxygen atoms in total. The third-order valence-electron chi connectivity index (χ3n) is 2.16. The number of hydrogen-bond donors (Lipinski definition) is 0. The summed E-state index contributed by atoms with van der Waals surface area (Å²) < 4.78 is 19.6. The Morgan fingerprint density at radius 3 is 2.56 bits per heavy atom. The van der Waals surface area contributed by atoms with E-state index in [2.05, 4.69) is 31.9 Å². The molecule has 0 spiro atoms. The van der Waals surface area contributed by atoms with E-state index in [0.717, 1.165) is 10.5 Å². The minimum absolute atomic E-state index is 0.171. The molecular formula is C13H7Br2FO2. The summed E-state index contributed by atoms with van der Waals surface area (Å²) in [5.41, 5.74) is 0.171. The van der Waals surface area contributed by atoms with Gasteiger partial charge in [-0.1, -0.05) is 22.0 Å². The van der Waals surface area contributed by atoms with Crippen LogP contribution in [0.25, 0.3) is 0 Å². The predicted molar refractivity (Wildman–Crippen MR) is 73.2 cm³/mol. The lowest BCUT2D eigenvalue weighted by Crippen LogP contribution is -2.09. The maximum atomic E-state index is 13.0. The predicted octanol–water partition coefficient (Wildman–Crippen LogP) is 4.57. The molecule has 0 aliphatic heterocycles. The Balaban J connectivity index is 2.21. The minimum Gasteiger partial charge on any atom is -0.422 e. The zero-order valence-corrected chi connectivity index (χ0v) is 12.2. The first-order chi connectivity index (χ1) is 8.56. The van der Waals surface area contributed by atoms with Gasteiger partial charge in [0, 0.05) is 4.47 Å². The van der Waals surface area contributed by atoms with Crippen molar-refractivity contribution in [3.05, 3.63) is 62.8 Å². The molecule has 0 amide bonds. The topological polar surface area (TPSA) is 26.3 Å². The highest BCUT2D eigenvalue weighted by Gasteiger charge is 2.11. The lowest BCUT2D eigenvalue weighted by molar-refractivity contribution is 0.0733. The Labute approximate surface area is 120 Å². The van der Waals surface area contributed by atoms with Gasteiger partial charge in [0.1, 0.15) is 11.6 Å². The zero-order valence-electron chi connectivity index (χ0n) is 8.99. The maximum Gasteiger partial charge on any atom is 0.343 e. The molecule has 0 radical (unpaired) electrons. The zero-order chi connectivity index (χ0) is 13.1. The van der Waals surface area contributed by atoms with Crippen molar-refractivity contribution in [1.29, 1.82) is 0 Å². The summed E-state index contributed by atoms with van der Waals surface area (Å²) in [7, 11) is 0.